The van der Waals surface area contributed by atoms with Crippen LogP contribution in [0.15, 0.2) is 36.4 Å². The van der Waals surface area contributed by atoms with Crippen molar-refractivity contribution in [2.75, 3.05) is 0 Å². The number of hydrogen-bond acceptors (Lipinski definition) is 3. The van der Waals surface area contributed by atoms with Gasteiger partial charge in [-0.1, -0.05) is 24.3 Å². The van der Waals surface area contributed by atoms with Crippen LogP contribution in [0.25, 0.3) is 10.8 Å². The lowest BCUT2D eigenvalue weighted by Gasteiger charge is -2.04. The van der Waals surface area contributed by atoms with Crippen molar-refractivity contribution in [1.29, 1.82) is 0 Å². The van der Waals surface area contributed by atoms with Gasteiger partial charge in [0.1, 0.15) is 5.75 Å². The number of hydrogen-bond donors (Lipinski definition) is 1. The van der Waals surface area contributed by atoms with E-state index in [1.807, 2.05) is 31.2 Å². The van der Waals surface area contributed by atoms with E-state index in [4.69, 9.17) is 0 Å². The molecule has 0 spiro atoms. The van der Waals surface area contributed by atoms with Gasteiger partial charge in [0.15, 0.2) is 0 Å². The summed E-state index contributed by atoms with van der Waals surface area (Å²) in [7, 11) is -2.84. The fraction of sp³-hybridized carbons (Fsp3) is 0.0909. The number of aryl methyl sites for hydroxylation is 1. The van der Waals surface area contributed by atoms with Crippen LogP contribution in [0.3, 0.4) is 0 Å². The van der Waals surface area contributed by atoms with Crippen molar-refractivity contribution >= 4 is 21.8 Å². The Morgan fingerprint density at radius 2 is 1.87 bits per heavy atom. The lowest BCUT2D eigenvalue weighted by molar-refractivity contribution is 0.511. The highest BCUT2D eigenvalue weighted by molar-refractivity contribution is 7.67. The molecule has 0 saturated heterocycles. The molecule has 2 aromatic carbocycles. The molecule has 2 rings (SSSR count). The quantitative estimate of drug-likeness (QED) is 0.791. The normalized spacial score (nSPS) is 10.8. The van der Waals surface area contributed by atoms with E-state index < -0.39 is 11.0 Å². The van der Waals surface area contributed by atoms with Gasteiger partial charge < -0.3 is 4.18 Å². The first kappa shape index (κ1) is 9.98. The van der Waals surface area contributed by atoms with Crippen LogP contribution in [0.2, 0.25) is 0 Å². The van der Waals surface area contributed by atoms with Gasteiger partial charge in [0.25, 0.3) is 11.0 Å². The summed E-state index contributed by atoms with van der Waals surface area (Å²) in [6, 6.07) is 11.2. The molecule has 0 unspecified atom stereocenters. The van der Waals surface area contributed by atoms with Gasteiger partial charge in [0, 0.05) is 0 Å². The Morgan fingerprint density at radius 1 is 1.13 bits per heavy atom. The molecule has 0 heterocycles. The zero-order valence-corrected chi connectivity index (χ0v) is 9.03. The Kier molecular flexibility index (Phi) is 2.60. The van der Waals surface area contributed by atoms with Gasteiger partial charge in [0.2, 0.25) is 0 Å². The van der Waals surface area contributed by atoms with E-state index in [0.29, 0.717) is 5.75 Å². The molecule has 0 aliphatic heterocycles. The summed E-state index contributed by atoms with van der Waals surface area (Å²) in [6.45, 7) is 1.92. The minimum absolute atomic E-state index is 0.363. The molecule has 0 fully saturated rings. The molecule has 15 heavy (non-hydrogen) atoms. The maximum Gasteiger partial charge on any atom is 0.299 e. The summed E-state index contributed by atoms with van der Waals surface area (Å²) >= 11 is 0. The first-order valence-corrected chi connectivity index (χ1v) is 5.58. The first-order valence-electron chi connectivity index (χ1n) is 4.48. The average molecular weight is 222 g/mol. The van der Waals surface area contributed by atoms with E-state index in [1.165, 1.54) is 0 Å². The van der Waals surface area contributed by atoms with Crippen LogP contribution in [0.1, 0.15) is 5.56 Å². The lowest BCUT2D eigenvalue weighted by atomic mass is 10.1. The largest absolute Gasteiger partial charge is 0.384 e. The van der Waals surface area contributed by atoms with Crippen molar-refractivity contribution in [3.8, 4) is 5.75 Å². The van der Waals surface area contributed by atoms with Crippen LogP contribution < -0.4 is 4.18 Å². The Bertz CT molecular complexity index is 565. The van der Waals surface area contributed by atoms with Gasteiger partial charge >= 0.3 is 0 Å². The molecular weight excluding hydrogens is 212 g/mol. The summed E-state index contributed by atoms with van der Waals surface area (Å²) in [5, 5.41) is 2.08. The number of thiol groups is 1. The lowest BCUT2D eigenvalue weighted by Crippen LogP contribution is -1.90. The Morgan fingerprint density at radius 3 is 2.60 bits per heavy atom. The number of fused-ring (bicyclic) bond motifs is 1. The van der Waals surface area contributed by atoms with Crippen LogP contribution in [-0.4, -0.2) is 8.42 Å². The third kappa shape index (κ3) is 2.10. The number of rotatable bonds is 2. The summed E-state index contributed by atoms with van der Waals surface area (Å²) in [4.78, 5) is 0. The second-order valence-electron chi connectivity index (χ2n) is 3.28. The monoisotopic (exact) mass is 222 g/mol. The number of benzene rings is 2. The van der Waals surface area contributed by atoms with Crippen molar-refractivity contribution < 1.29 is 12.6 Å². The molecular formula is C11H10O3S. The molecule has 0 aliphatic rings. The standard InChI is InChI=1S/C11H10O3S/c1-8-6-10(14-15(12)13)7-9-4-2-3-5-11(8)9/h2-7,15H,1H3. The molecule has 0 radical (unpaired) electrons. The maximum absolute atomic E-state index is 10.4. The molecule has 0 aromatic heterocycles. The van der Waals surface area contributed by atoms with Crippen LogP contribution in [-0.2, 0) is 11.0 Å². The second-order valence-corrected chi connectivity index (χ2v) is 3.91. The Labute approximate surface area is 89.5 Å². The molecule has 0 amide bonds. The van der Waals surface area contributed by atoms with Crippen LogP contribution in [0.4, 0.5) is 0 Å². The van der Waals surface area contributed by atoms with Crippen LogP contribution in [0.5, 0.6) is 5.75 Å². The molecule has 3 nitrogen and oxygen atoms in total. The van der Waals surface area contributed by atoms with E-state index in [0.717, 1.165) is 16.3 Å². The molecule has 78 valence electrons. The minimum Gasteiger partial charge on any atom is -0.384 e. The third-order valence-corrected chi connectivity index (χ3v) is 2.58. The highest BCUT2D eigenvalue weighted by atomic mass is 32.2. The van der Waals surface area contributed by atoms with Crippen molar-refractivity contribution in [2.45, 2.75) is 6.92 Å². The van der Waals surface area contributed by atoms with E-state index in [1.54, 1.807) is 12.1 Å². The van der Waals surface area contributed by atoms with Gasteiger partial charge in [-0.3, -0.25) is 0 Å². The first-order chi connectivity index (χ1) is 7.16. The third-order valence-electron chi connectivity index (χ3n) is 2.22. The topological polar surface area (TPSA) is 43.4 Å². The molecule has 4 heteroatoms. The fourth-order valence-electron chi connectivity index (χ4n) is 1.61. The Balaban J connectivity index is 2.62. The summed E-state index contributed by atoms with van der Waals surface area (Å²) in [6.07, 6.45) is 0. The van der Waals surface area contributed by atoms with E-state index in [2.05, 4.69) is 4.18 Å². The van der Waals surface area contributed by atoms with E-state index >= 15 is 0 Å². The second kappa shape index (κ2) is 3.90. The van der Waals surface area contributed by atoms with Crippen molar-refractivity contribution in [3.63, 3.8) is 0 Å². The highest BCUT2D eigenvalue weighted by Crippen LogP contribution is 2.24. The van der Waals surface area contributed by atoms with E-state index in [-0.39, 0.29) is 0 Å². The molecule has 0 bridgehead atoms. The average Bonchev–Trinajstić information content (AvgIpc) is 2.16. The van der Waals surface area contributed by atoms with Gasteiger partial charge in [-0.25, -0.2) is 0 Å². The predicted octanol–water partition coefficient (Wildman–Crippen LogP) is 2.05. The zero-order valence-electron chi connectivity index (χ0n) is 8.14. The molecule has 0 atom stereocenters. The SMILES string of the molecule is Cc1cc(O[SH](=O)=O)cc2ccccc12. The highest BCUT2D eigenvalue weighted by Gasteiger charge is 2.01. The summed E-state index contributed by atoms with van der Waals surface area (Å²) in [5.74, 6) is 0.363. The smallest absolute Gasteiger partial charge is 0.299 e. The zero-order chi connectivity index (χ0) is 10.8. The predicted molar refractivity (Wildman–Crippen MR) is 59.6 cm³/mol. The van der Waals surface area contributed by atoms with Crippen molar-refractivity contribution in [3.05, 3.63) is 42.0 Å². The summed E-state index contributed by atoms with van der Waals surface area (Å²) < 4.78 is 25.5. The van der Waals surface area contributed by atoms with Crippen molar-refractivity contribution in [2.24, 2.45) is 0 Å². The van der Waals surface area contributed by atoms with Gasteiger partial charge in [0.05, 0.1) is 0 Å². The van der Waals surface area contributed by atoms with Crippen molar-refractivity contribution in [1.82, 2.24) is 0 Å². The maximum atomic E-state index is 10.4. The molecule has 0 N–H and O–H groups in total. The Hall–Kier alpha value is -1.55. The van der Waals surface area contributed by atoms with Crippen LogP contribution >= 0.6 is 0 Å². The molecule has 0 saturated carbocycles. The molecule has 2 aromatic rings. The van der Waals surface area contributed by atoms with Gasteiger partial charge in [-0.2, -0.15) is 8.42 Å². The van der Waals surface area contributed by atoms with Crippen LogP contribution in [0, 0.1) is 6.92 Å². The van der Waals surface area contributed by atoms with E-state index in [9.17, 15) is 8.42 Å². The fourth-order valence-corrected chi connectivity index (χ4v) is 1.88. The van der Waals surface area contributed by atoms with Gasteiger partial charge in [-0.15, -0.1) is 0 Å². The minimum atomic E-state index is -2.84. The summed E-state index contributed by atoms with van der Waals surface area (Å²) in [5.41, 5.74) is 1.000. The molecule has 0 aliphatic carbocycles. The van der Waals surface area contributed by atoms with Gasteiger partial charge in [-0.05, 0) is 35.4 Å².